The van der Waals surface area contributed by atoms with E-state index >= 15 is 0 Å². The fourth-order valence-corrected chi connectivity index (χ4v) is 2.50. The van der Waals surface area contributed by atoms with Gasteiger partial charge in [0, 0.05) is 11.1 Å². The number of rotatable bonds is 3. The molecule has 0 atom stereocenters. The van der Waals surface area contributed by atoms with Crippen molar-refractivity contribution in [3.63, 3.8) is 0 Å². The van der Waals surface area contributed by atoms with Crippen LogP contribution in [0.25, 0.3) is 11.1 Å². The Bertz CT molecular complexity index is 1020. The van der Waals surface area contributed by atoms with Crippen molar-refractivity contribution in [3.8, 4) is 23.0 Å². The van der Waals surface area contributed by atoms with Crippen LogP contribution in [0.3, 0.4) is 0 Å². The Morgan fingerprint density at radius 2 is 1.42 bits per heavy atom. The van der Waals surface area contributed by atoms with E-state index in [9.17, 15) is 14.9 Å². The second kappa shape index (κ2) is 7.77. The van der Waals surface area contributed by atoms with Crippen LogP contribution in [0.5, 0.6) is 0 Å². The quantitative estimate of drug-likeness (QED) is 0.408. The van der Waals surface area contributed by atoms with Crippen molar-refractivity contribution < 1.29 is 14.7 Å². The van der Waals surface area contributed by atoms with Crippen LogP contribution in [-0.4, -0.2) is 11.1 Å². The number of hydrogen-bond acceptors (Lipinski definition) is 4. The zero-order valence-electron chi connectivity index (χ0n) is 13.6. The average molecular weight is 343 g/mol. The first-order valence-corrected chi connectivity index (χ1v) is 7.77. The predicted molar refractivity (Wildman–Crippen MR) is 96.7 cm³/mol. The van der Waals surface area contributed by atoms with Gasteiger partial charge in [0.15, 0.2) is 0 Å². The molecule has 126 valence electrons. The van der Waals surface area contributed by atoms with E-state index in [1.54, 1.807) is 18.2 Å². The predicted octanol–water partition coefficient (Wildman–Crippen LogP) is 4.10. The molecule has 0 bridgehead atoms. The molecule has 3 aromatic rings. The molecule has 0 radical (unpaired) electrons. The lowest BCUT2D eigenvalue weighted by molar-refractivity contribution is -0.727. The third kappa shape index (κ3) is 3.94. The highest BCUT2D eigenvalue weighted by molar-refractivity contribution is 5.97. The number of hydrogen-bond donors (Lipinski definition) is 0. The minimum atomic E-state index is -1.11. The van der Waals surface area contributed by atoms with Crippen molar-refractivity contribution in [2.75, 3.05) is 0 Å². The van der Waals surface area contributed by atoms with Crippen LogP contribution in [0.2, 0.25) is 0 Å². The Morgan fingerprint density at radius 3 is 2.15 bits per heavy atom. The van der Waals surface area contributed by atoms with Gasteiger partial charge < -0.3 is 0 Å². The van der Waals surface area contributed by atoms with Crippen LogP contribution in [-0.2, 0) is 4.84 Å². The largest absolute Gasteiger partial charge is 0.335 e. The van der Waals surface area contributed by atoms with Crippen molar-refractivity contribution in [2.24, 2.45) is 0 Å². The van der Waals surface area contributed by atoms with E-state index in [1.165, 1.54) is 6.07 Å². The van der Waals surface area contributed by atoms with Crippen LogP contribution in [0, 0.1) is 22.0 Å². The van der Waals surface area contributed by atoms with E-state index in [2.05, 4.69) is 16.7 Å². The molecule has 0 fully saturated rings. The van der Waals surface area contributed by atoms with Crippen LogP contribution < -0.4 is 0 Å². The summed E-state index contributed by atoms with van der Waals surface area (Å²) in [6.45, 7) is 0. The molecule has 0 saturated heterocycles. The van der Waals surface area contributed by atoms with Crippen LogP contribution >= 0.6 is 0 Å². The standard InChI is InChI=1S/C21H13NO4/c23-21(26-22(24)25)20-13-7-6-12-19(20)18-11-5-4-10-17(18)15-14-16-8-2-1-3-9-16/h1-13H. The summed E-state index contributed by atoms with van der Waals surface area (Å²) < 4.78 is 0. The molecule has 0 saturated carbocycles. The van der Waals surface area contributed by atoms with Gasteiger partial charge in [0.05, 0.1) is 5.56 Å². The fraction of sp³-hybridized carbons (Fsp3) is 0. The average Bonchev–Trinajstić information content (AvgIpc) is 2.67. The minimum Gasteiger partial charge on any atom is -0.263 e. The Morgan fingerprint density at radius 1 is 0.808 bits per heavy atom. The molecule has 3 aromatic carbocycles. The molecule has 5 heteroatoms. The lowest BCUT2D eigenvalue weighted by Crippen LogP contribution is -2.11. The Labute approximate surface area is 150 Å². The van der Waals surface area contributed by atoms with E-state index in [-0.39, 0.29) is 5.56 Å². The van der Waals surface area contributed by atoms with Crippen LogP contribution in [0.15, 0.2) is 78.9 Å². The topological polar surface area (TPSA) is 69.4 Å². The monoisotopic (exact) mass is 343 g/mol. The first kappa shape index (κ1) is 16.9. The Kier molecular flexibility index (Phi) is 5.06. The van der Waals surface area contributed by atoms with Gasteiger partial charge in [-0.05, 0) is 35.4 Å². The van der Waals surface area contributed by atoms with Gasteiger partial charge in [0.2, 0.25) is 0 Å². The fourth-order valence-electron chi connectivity index (χ4n) is 2.50. The van der Waals surface area contributed by atoms with Gasteiger partial charge in [-0.25, -0.2) is 4.84 Å². The summed E-state index contributed by atoms with van der Waals surface area (Å²) in [7, 11) is 0. The molecule has 0 aliphatic rings. The second-order valence-electron chi connectivity index (χ2n) is 5.31. The molecule has 0 aliphatic carbocycles. The summed E-state index contributed by atoms with van der Waals surface area (Å²) in [5.74, 6) is 5.16. The zero-order chi connectivity index (χ0) is 18.4. The van der Waals surface area contributed by atoms with Crippen LogP contribution in [0.4, 0.5) is 0 Å². The number of benzene rings is 3. The van der Waals surface area contributed by atoms with Gasteiger partial charge in [-0.1, -0.05) is 66.4 Å². The normalized spacial score (nSPS) is 9.69. The van der Waals surface area contributed by atoms with Gasteiger partial charge >= 0.3 is 11.1 Å². The molecule has 5 nitrogen and oxygen atoms in total. The molecule has 0 heterocycles. The summed E-state index contributed by atoms with van der Waals surface area (Å²) in [5, 5.41) is 9.39. The number of carbonyl (C=O) groups is 1. The molecule has 0 N–H and O–H groups in total. The van der Waals surface area contributed by atoms with Crippen molar-refractivity contribution in [3.05, 3.63) is 106 Å². The first-order chi connectivity index (χ1) is 12.6. The summed E-state index contributed by atoms with van der Waals surface area (Å²) in [6.07, 6.45) is 0. The molecular formula is C21H13NO4. The van der Waals surface area contributed by atoms with Gasteiger partial charge in [-0.2, -0.15) is 0 Å². The summed E-state index contributed by atoms with van der Waals surface area (Å²) in [4.78, 5) is 26.7. The summed E-state index contributed by atoms with van der Waals surface area (Å²) >= 11 is 0. The number of nitrogens with zero attached hydrogens (tertiary/aromatic N) is 1. The van der Waals surface area contributed by atoms with E-state index in [0.717, 1.165) is 5.56 Å². The maximum atomic E-state index is 12.0. The highest BCUT2D eigenvalue weighted by Crippen LogP contribution is 2.27. The van der Waals surface area contributed by atoms with Gasteiger partial charge in [0.25, 0.3) is 0 Å². The second-order valence-corrected chi connectivity index (χ2v) is 5.31. The molecule has 0 aliphatic heterocycles. The van der Waals surface area contributed by atoms with Crippen molar-refractivity contribution >= 4 is 5.97 Å². The van der Waals surface area contributed by atoms with Gasteiger partial charge in [-0.3, -0.25) is 4.79 Å². The van der Waals surface area contributed by atoms with E-state index < -0.39 is 11.1 Å². The Hall–Kier alpha value is -3.91. The smallest absolute Gasteiger partial charge is 0.263 e. The van der Waals surface area contributed by atoms with Crippen molar-refractivity contribution in [2.45, 2.75) is 0 Å². The SMILES string of the molecule is O=C(O[N+](=O)[O-])c1ccccc1-c1ccccc1C#Cc1ccccc1. The third-order valence-electron chi connectivity index (χ3n) is 3.64. The highest BCUT2D eigenvalue weighted by Gasteiger charge is 2.17. The third-order valence-corrected chi connectivity index (χ3v) is 3.64. The van der Waals surface area contributed by atoms with Crippen molar-refractivity contribution in [1.29, 1.82) is 0 Å². The molecule has 0 unspecified atom stereocenters. The molecule has 0 aromatic heterocycles. The molecule has 3 rings (SSSR count). The summed E-state index contributed by atoms with van der Waals surface area (Å²) in [5.41, 5.74) is 2.91. The molecule has 0 spiro atoms. The molecule has 26 heavy (non-hydrogen) atoms. The van der Waals surface area contributed by atoms with Gasteiger partial charge in [0.1, 0.15) is 0 Å². The first-order valence-electron chi connectivity index (χ1n) is 7.77. The number of carbonyl (C=O) groups excluding carboxylic acids is 1. The maximum absolute atomic E-state index is 12.0. The lowest BCUT2D eigenvalue weighted by atomic mass is 9.95. The highest BCUT2D eigenvalue weighted by atomic mass is 17.0. The van der Waals surface area contributed by atoms with Gasteiger partial charge in [-0.15, -0.1) is 10.1 Å². The molecule has 0 amide bonds. The zero-order valence-corrected chi connectivity index (χ0v) is 13.6. The molecular weight excluding hydrogens is 330 g/mol. The summed E-state index contributed by atoms with van der Waals surface area (Å²) in [6, 6.07) is 23.4. The van der Waals surface area contributed by atoms with E-state index in [1.807, 2.05) is 54.6 Å². The lowest BCUT2D eigenvalue weighted by Gasteiger charge is -2.09. The maximum Gasteiger partial charge on any atom is 0.335 e. The van der Waals surface area contributed by atoms with E-state index in [4.69, 9.17) is 0 Å². The van der Waals surface area contributed by atoms with E-state index in [0.29, 0.717) is 16.7 Å². The van der Waals surface area contributed by atoms with Crippen molar-refractivity contribution in [1.82, 2.24) is 0 Å². The van der Waals surface area contributed by atoms with Crippen LogP contribution in [0.1, 0.15) is 21.5 Å². The minimum absolute atomic E-state index is 0.109. The Balaban J connectivity index is 2.06.